The van der Waals surface area contributed by atoms with E-state index in [9.17, 15) is 40.7 Å². The highest BCUT2D eigenvalue weighted by Gasteiger charge is 2.41. The molecule has 2 aliphatic rings. The zero-order valence-electron chi connectivity index (χ0n) is 21.1. The van der Waals surface area contributed by atoms with Gasteiger partial charge < -0.3 is 14.6 Å². The molecule has 3 aromatic rings. The summed E-state index contributed by atoms with van der Waals surface area (Å²) in [5.74, 6) is -1.36. The molecule has 14 heteroatoms. The number of carbonyl (C=O) groups excluding carboxylic acids is 3. The van der Waals surface area contributed by atoms with Gasteiger partial charge in [0.2, 0.25) is 5.91 Å². The molecule has 5 rings (SSSR count). The summed E-state index contributed by atoms with van der Waals surface area (Å²) < 4.78 is 86.8. The monoisotopic (exact) mass is 597 g/mol. The molecule has 2 aliphatic heterocycles. The van der Waals surface area contributed by atoms with E-state index in [0.29, 0.717) is 47.5 Å². The van der Waals surface area contributed by atoms with Crippen LogP contribution in [-0.4, -0.2) is 64.7 Å². The van der Waals surface area contributed by atoms with Crippen LogP contribution in [0.4, 0.5) is 31.1 Å². The Morgan fingerprint density at radius 1 is 0.951 bits per heavy atom. The van der Waals surface area contributed by atoms with E-state index in [0.717, 1.165) is 11.0 Å². The first kappa shape index (κ1) is 28.7. The molecular formula is C27H21F6N3O4S. The molecule has 1 N–H and O–H groups in total. The van der Waals surface area contributed by atoms with Gasteiger partial charge in [0.1, 0.15) is 6.54 Å². The van der Waals surface area contributed by atoms with Gasteiger partial charge in [-0.25, -0.2) is 0 Å². The Balaban J connectivity index is 1.57. The molecular weight excluding hydrogens is 576 g/mol. The van der Waals surface area contributed by atoms with E-state index in [1.165, 1.54) is 4.90 Å². The Morgan fingerprint density at radius 3 is 2.37 bits per heavy atom. The predicted octanol–water partition coefficient (Wildman–Crippen LogP) is 5.71. The van der Waals surface area contributed by atoms with E-state index in [-0.39, 0.29) is 29.6 Å². The number of H-pyrrole nitrogens is 1. The molecule has 2 fully saturated rings. The number of imide groups is 1. The summed E-state index contributed by atoms with van der Waals surface area (Å²) in [7, 11) is 0. The number of hydrogen-bond acceptors (Lipinski definition) is 5. The summed E-state index contributed by atoms with van der Waals surface area (Å²) in [6.07, 6.45) is -9.10. The van der Waals surface area contributed by atoms with Crippen molar-refractivity contribution in [2.45, 2.75) is 18.8 Å². The molecule has 0 spiro atoms. The van der Waals surface area contributed by atoms with E-state index in [2.05, 4.69) is 4.98 Å². The molecule has 0 unspecified atom stereocenters. The maximum atomic E-state index is 14.0. The lowest BCUT2D eigenvalue weighted by atomic mass is 9.92. The van der Waals surface area contributed by atoms with Gasteiger partial charge in [-0.3, -0.25) is 19.3 Å². The number of nitrogens with one attached hydrogen (secondary N) is 1. The van der Waals surface area contributed by atoms with Crippen molar-refractivity contribution in [3.63, 3.8) is 0 Å². The lowest BCUT2D eigenvalue weighted by molar-refractivity contribution is -0.143. The number of amides is 3. The highest BCUT2D eigenvalue weighted by Crippen LogP contribution is 2.42. The highest BCUT2D eigenvalue weighted by atomic mass is 32.2. The maximum Gasteiger partial charge on any atom is 0.416 e. The van der Waals surface area contributed by atoms with Crippen LogP contribution in [0.25, 0.3) is 16.5 Å². The van der Waals surface area contributed by atoms with Crippen molar-refractivity contribution in [2.24, 2.45) is 0 Å². The van der Waals surface area contributed by atoms with E-state index in [1.54, 1.807) is 30.5 Å². The summed E-state index contributed by atoms with van der Waals surface area (Å²) in [5.41, 5.74) is -2.47. The molecule has 0 saturated carbocycles. The first-order valence-corrected chi connectivity index (χ1v) is 13.1. The Kier molecular flexibility index (Phi) is 7.64. The zero-order chi connectivity index (χ0) is 29.5. The maximum absolute atomic E-state index is 14.0. The number of allylic oxidation sites excluding steroid dienone is 1. The topological polar surface area (TPSA) is 82.7 Å². The Hall–Kier alpha value is -3.78. The molecule has 0 aliphatic carbocycles. The number of fused-ring (bicyclic) bond motifs is 1. The molecule has 216 valence electrons. The van der Waals surface area contributed by atoms with Crippen molar-refractivity contribution in [3.05, 3.63) is 75.8 Å². The first-order chi connectivity index (χ1) is 19.3. The van der Waals surface area contributed by atoms with Crippen LogP contribution in [0.5, 0.6) is 0 Å². The third-order valence-corrected chi connectivity index (χ3v) is 7.81. The van der Waals surface area contributed by atoms with Gasteiger partial charge in [0.05, 0.1) is 29.2 Å². The number of morpholine rings is 1. The van der Waals surface area contributed by atoms with Crippen molar-refractivity contribution in [1.29, 1.82) is 0 Å². The minimum absolute atomic E-state index is 0.0167. The van der Waals surface area contributed by atoms with Crippen LogP contribution in [0.15, 0.2) is 53.6 Å². The first-order valence-electron chi connectivity index (χ1n) is 12.3. The molecule has 0 radical (unpaired) electrons. The number of carbonyl (C=O) groups is 3. The molecule has 2 aromatic carbocycles. The van der Waals surface area contributed by atoms with Crippen LogP contribution in [0.1, 0.15) is 22.3 Å². The van der Waals surface area contributed by atoms with Gasteiger partial charge in [0, 0.05) is 24.8 Å². The van der Waals surface area contributed by atoms with Gasteiger partial charge in [-0.1, -0.05) is 12.1 Å². The summed E-state index contributed by atoms with van der Waals surface area (Å²) in [5, 5.41) is -0.125. The number of rotatable bonds is 5. The standard InChI is InChI=1S/C27H21F6N3O4S/c28-26(29,30)18-3-1-16(20(13-18)27(31,32)33)12-19(15-2-4-21-17(11-15)5-6-34-21)23-24(38)36(25(39)41-23)14-22(37)35-7-9-40-10-8-35/h1-6,11,13,34H,7-10,12,14H2/b23-19-. The number of aromatic amines is 1. The number of halogens is 6. The van der Waals surface area contributed by atoms with Gasteiger partial charge >= 0.3 is 12.4 Å². The minimum Gasteiger partial charge on any atom is -0.378 e. The number of thioether (sulfide) groups is 1. The highest BCUT2D eigenvalue weighted by molar-refractivity contribution is 8.18. The second-order valence-corrected chi connectivity index (χ2v) is 10.3. The Labute approximate surface area is 233 Å². The number of hydrogen-bond donors (Lipinski definition) is 1. The third-order valence-electron chi connectivity index (χ3n) is 6.79. The summed E-state index contributed by atoms with van der Waals surface area (Å²) >= 11 is 0.473. The number of benzene rings is 2. The molecule has 0 bridgehead atoms. The Morgan fingerprint density at radius 2 is 1.68 bits per heavy atom. The average molecular weight is 598 g/mol. The van der Waals surface area contributed by atoms with Gasteiger partial charge in [-0.05, 0) is 70.6 Å². The second kappa shape index (κ2) is 10.9. The molecule has 41 heavy (non-hydrogen) atoms. The number of aromatic nitrogens is 1. The van der Waals surface area contributed by atoms with E-state index >= 15 is 0 Å². The van der Waals surface area contributed by atoms with E-state index < -0.39 is 59.1 Å². The fourth-order valence-corrected chi connectivity index (χ4v) is 5.63. The van der Waals surface area contributed by atoms with Gasteiger partial charge in [0.25, 0.3) is 11.1 Å². The summed E-state index contributed by atoms with van der Waals surface area (Å²) in [4.78, 5) is 44.0. The minimum atomic E-state index is -5.13. The summed E-state index contributed by atoms with van der Waals surface area (Å²) in [6, 6.07) is 7.78. The lowest BCUT2D eigenvalue weighted by Crippen LogP contribution is -2.46. The second-order valence-electron chi connectivity index (χ2n) is 9.38. The summed E-state index contributed by atoms with van der Waals surface area (Å²) in [6.45, 7) is 0.594. The van der Waals surface area contributed by atoms with Crippen molar-refractivity contribution < 1.29 is 45.5 Å². The van der Waals surface area contributed by atoms with Crippen LogP contribution >= 0.6 is 11.8 Å². The molecule has 1 aromatic heterocycles. The lowest BCUT2D eigenvalue weighted by Gasteiger charge is -2.28. The number of ether oxygens (including phenoxy) is 1. The normalized spacial score (nSPS) is 18.0. The number of nitrogens with zero attached hydrogens (tertiary/aromatic N) is 2. The van der Waals surface area contributed by atoms with Crippen molar-refractivity contribution >= 4 is 45.3 Å². The van der Waals surface area contributed by atoms with Gasteiger partial charge in [-0.15, -0.1) is 0 Å². The Bertz CT molecular complexity index is 1560. The molecule has 3 amide bonds. The SMILES string of the molecule is O=C(CN1C(=O)S/C(=C(/Cc2ccc(C(F)(F)F)cc2C(F)(F)F)c2ccc3[nH]ccc3c2)C1=O)N1CCOCC1. The largest absolute Gasteiger partial charge is 0.416 e. The predicted molar refractivity (Wildman–Crippen MR) is 137 cm³/mol. The van der Waals surface area contributed by atoms with Crippen molar-refractivity contribution in [1.82, 2.24) is 14.8 Å². The quantitative estimate of drug-likeness (QED) is 0.301. The van der Waals surface area contributed by atoms with Crippen LogP contribution in [0, 0.1) is 0 Å². The fraction of sp³-hybridized carbons (Fsp3) is 0.296. The average Bonchev–Trinajstić information content (AvgIpc) is 3.50. The van der Waals surface area contributed by atoms with Crippen LogP contribution in [-0.2, 0) is 33.1 Å². The van der Waals surface area contributed by atoms with Gasteiger partial charge in [0.15, 0.2) is 0 Å². The third kappa shape index (κ3) is 5.98. The molecule has 0 atom stereocenters. The molecule has 3 heterocycles. The van der Waals surface area contributed by atoms with Crippen LogP contribution in [0.2, 0.25) is 0 Å². The fourth-order valence-electron chi connectivity index (χ4n) is 4.68. The van der Waals surface area contributed by atoms with Gasteiger partial charge in [-0.2, -0.15) is 26.3 Å². The van der Waals surface area contributed by atoms with Crippen LogP contribution < -0.4 is 0 Å². The smallest absolute Gasteiger partial charge is 0.378 e. The zero-order valence-corrected chi connectivity index (χ0v) is 21.9. The molecule has 7 nitrogen and oxygen atoms in total. The van der Waals surface area contributed by atoms with Crippen molar-refractivity contribution in [2.75, 3.05) is 32.8 Å². The number of alkyl halides is 6. The van der Waals surface area contributed by atoms with Crippen molar-refractivity contribution in [3.8, 4) is 0 Å². The van der Waals surface area contributed by atoms with Crippen LogP contribution in [0.3, 0.4) is 0 Å². The molecule has 2 saturated heterocycles. The van der Waals surface area contributed by atoms with E-state index in [1.807, 2.05) is 0 Å². The van der Waals surface area contributed by atoms with E-state index in [4.69, 9.17) is 4.74 Å².